The van der Waals surface area contributed by atoms with Gasteiger partial charge in [-0.05, 0) is 43.2 Å². The molecule has 0 spiro atoms. The molecule has 0 bridgehead atoms. The Morgan fingerprint density at radius 1 is 1.04 bits per heavy atom. The average molecular weight is 357 g/mol. The van der Waals surface area contributed by atoms with Crippen molar-refractivity contribution in [2.24, 2.45) is 0 Å². The summed E-state index contributed by atoms with van der Waals surface area (Å²) in [5.74, 6) is -0.675. The summed E-state index contributed by atoms with van der Waals surface area (Å²) < 4.78 is 5.25. The van der Waals surface area contributed by atoms with E-state index >= 15 is 0 Å². The number of aryl methyl sites for hydroxylation is 2. The molecule has 1 aliphatic rings. The number of para-hydroxylation sites is 2. The number of hydrogen-bond donors (Lipinski definition) is 1. The van der Waals surface area contributed by atoms with E-state index in [1.54, 1.807) is 24.3 Å². The number of nitrogens with zero attached hydrogens (tertiary/aromatic N) is 1. The summed E-state index contributed by atoms with van der Waals surface area (Å²) >= 11 is 6.17. The van der Waals surface area contributed by atoms with Crippen LogP contribution in [0.2, 0.25) is 0 Å². The maximum Gasteiger partial charge on any atom is 0.283 e. The van der Waals surface area contributed by atoms with Gasteiger partial charge in [0.2, 0.25) is 0 Å². The minimum absolute atomic E-state index is 0.0614. The fraction of sp³-hybridized carbons (Fsp3) is 0.158. The Kier molecular flexibility index (Phi) is 4.51. The number of rotatable bonds is 4. The van der Waals surface area contributed by atoms with Crippen LogP contribution in [0, 0.1) is 13.8 Å². The van der Waals surface area contributed by atoms with Gasteiger partial charge in [0, 0.05) is 5.69 Å². The molecular weight excluding hydrogens is 340 g/mol. The number of halogens is 1. The fourth-order valence-corrected chi connectivity index (χ4v) is 2.86. The zero-order valence-corrected chi connectivity index (χ0v) is 14.8. The Balaban J connectivity index is 1.98. The van der Waals surface area contributed by atoms with E-state index in [-0.39, 0.29) is 10.7 Å². The first-order valence-corrected chi connectivity index (χ1v) is 8.07. The molecule has 0 aliphatic carbocycles. The van der Waals surface area contributed by atoms with Crippen LogP contribution in [0.3, 0.4) is 0 Å². The maximum absolute atomic E-state index is 12.8. The zero-order chi connectivity index (χ0) is 18.1. The van der Waals surface area contributed by atoms with Gasteiger partial charge >= 0.3 is 0 Å². The van der Waals surface area contributed by atoms with E-state index in [0.29, 0.717) is 11.4 Å². The van der Waals surface area contributed by atoms with Crippen LogP contribution < -0.4 is 15.0 Å². The van der Waals surface area contributed by atoms with Crippen LogP contribution in [-0.2, 0) is 9.59 Å². The normalized spacial score (nSPS) is 14.3. The van der Waals surface area contributed by atoms with Gasteiger partial charge in [-0.1, -0.05) is 35.9 Å². The van der Waals surface area contributed by atoms with Gasteiger partial charge in [0.05, 0.1) is 12.8 Å². The molecule has 0 unspecified atom stereocenters. The molecule has 5 nitrogen and oxygen atoms in total. The van der Waals surface area contributed by atoms with E-state index in [1.165, 1.54) is 7.11 Å². The van der Waals surface area contributed by atoms with E-state index < -0.39 is 11.8 Å². The highest BCUT2D eigenvalue weighted by atomic mass is 35.5. The number of benzene rings is 2. The van der Waals surface area contributed by atoms with Gasteiger partial charge in [-0.25, -0.2) is 4.90 Å². The Hall–Kier alpha value is -2.79. The number of nitrogens with one attached hydrogen (secondary N) is 1. The minimum atomic E-state index is -0.580. The SMILES string of the molecule is COc1ccccc1N1C(=O)C(Cl)=C(Nc2cc(C)ccc2C)C1=O. The van der Waals surface area contributed by atoms with Crippen molar-refractivity contribution in [3.8, 4) is 5.75 Å². The molecular formula is C19H17ClN2O3. The first kappa shape index (κ1) is 17.0. The number of anilines is 2. The van der Waals surface area contributed by atoms with Crippen molar-refractivity contribution in [2.45, 2.75) is 13.8 Å². The van der Waals surface area contributed by atoms with Crippen molar-refractivity contribution in [1.82, 2.24) is 0 Å². The van der Waals surface area contributed by atoms with Gasteiger partial charge in [0.25, 0.3) is 11.8 Å². The summed E-state index contributed by atoms with van der Waals surface area (Å²) in [6, 6.07) is 12.6. The molecule has 2 aromatic carbocycles. The maximum atomic E-state index is 12.8. The standard InChI is InChI=1S/C19H17ClN2O3/c1-11-8-9-12(2)13(10-11)21-17-16(20)18(23)22(19(17)24)14-6-4-5-7-15(14)25-3/h4-10,21H,1-3H3. The highest BCUT2D eigenvalue weighted by molar-refractivity contribution is 6.53. The van der Waals surface area contributed by atoms with Gasteiger partial charge in [-0.2, -0.15) is 0 Å². The van der Waals surface area contributed by atoms with Crippen LogP contribution in [-0.4, -0.2) is 18.9 Å². The van der Waals surface area contributed by atoms with Gasteiger partial charge in [-0.3, -0.25) is 9.59 Å². The second kappa shape index (κ2) is 6.61. The summed E-state index contributed by atoms with van der Waals surface area (Å²) in [7, 11) is 1.48. The van der Waals surface area contributed by atoms with Crippen LogP contribution in [0.5, 0.6) is 5.75 Å². The zero-order valence-electron chi connectivity index (χ0n) is 14.1. The topological polar surface area (TPSA) is 58.6 Å². The monoisotopic (exact) mass is 356 g/mol. The van der Waals surface area contributed by atoms with Crippen molar-refractivity contribution in [2.75, 3.05) is 17.3 Å². The number of hydrogen-bond acceptors (Lipinski definition) is 4. The lowest BCUT2D eigenvalue weighted by atomic mass is 10.1. The Labute approximate surface area is 150 Å². The van der Waals surface area contributed by atoms with E-state index in [4.69, 9.17) is 16.3 Å². The Bertz CT molecular complexity index is 905. The highest BCUT2D eigenvalue weighted by Crippen LogP contribution is 2.35. The predicted molar refractivity (Wildman–Crippen MR) is 97.9 cm³/mol. The van der Waals surface area contributed by atoms with Crippen molar-refractivity contribution in [3.63, 3.8) is 0 Å². The van der Waals surface area contributed by atoms with Gasteiger partial charge in [-0.15, -0.1) is 0 Å². The van der Waals surface area contributed by atoms with E-state index in [9.17, 15) is 9.59 Å². The molecule has 0 saturated heterocycles. The van der Waals surface area contributed by atoms with E-state index in [2.05, 4.69) is 5.32 Å². The molecule has 25 heavy (non-hydrogen) atoms. The minimum Gasteiger partial charge on any atom is -0.495 e. The summed E-state index contributed by atoms with van der Waals surface area (Å²) in [5.41, 5.74) is 3.13. The van der Waals surface area contributed by atoms with Crippen LogP contribution in [0.15, 0.2) is 53.2 Å². The van der Waals surface area contributed by atoms with Gasteiger partial charge in [0.15, 0.2) is 0 Å². The van der Waals surface area contributed by atoms with E-state index in [0.717, 1.165) is 21.7 Å². The summed E-state index contributed by atoms with van der Waals surface area (Å²) in [6.07, 6.45) is 0. The first-order chi connectivity index (χ1) is 11.9. The van der Waals surface area contributed by atoms with Crippen LogP contribution in [0.25, 0.3) is 0 Å². The summed E-state index contributed by atoms with van der Waals surface area (Å²) in [4.78, 5) is 26.4. The third-order valence-electron chi connectivity index (χ3n) is 4.01. The third kappa shape index (κ3) is 2.98. The van der Waals surface area contributed by atoms with Gasteiger partial charge in [0.1, 0.15) is 16.5 Å². The molecule has 128 valence electrons. The molecule has 2 amide bonds. The molecule has 1 heterocycles. The smallest absolute Gasteiger partial charge is 0.283 e. The molecule has 0 saturated carbocycles. The third-order valence-corrected chi connectivity index (χ3v) is 4.36. The van der Waals surface area contributed by atoms with Crippen molar-refractivity contribution in [1.29, 1.82) is 0 Å². The largest absolute Gasteiger partial charge is 0.495 e. The number of methoxy groups -OCH3 is 1. The second-order valence-electron chi connectivity index (χ2n) is 5.75. The molecule has 0 radical (unpaired) electrons. The van der Waals surface area contributed by atoms with Gasteiger partial charge < -0.3 is 10.1 Å². The number of imide groups is 1. The Morgan fingerprint density at radius 2 is 1.76 bits per heavy atom. The first-order valence-electron chi connectivity index (χ1n) is 7.70. The fourth-order valence-electron chi connectivity index (χ4n) is 2.65. The Morgan fingerprint density at radius 3 is 2.48 bits per heavy atom. The number of carbonyl (C=O) groups excluding carboxylic acids is 2. The molecule has 1 aliphatic heterocycles. The van der Waals surface area contributed by atoms with Crippen LogP contribution >= 0.6 is 11.6 Å². The molecule has 0 aromatic heterocycles. The molecule has 0 atom stereocenters. The molecule has 6 heteroatoms. The highest BCUT2D eigenvalue weighted by Gasteiger charge is 2.40. The summed E-state index contributed by atoms with van der Waals surface area (Å²) in [6.45, 7) is 3.86. The lowest BCUT2D eigenvalue weighted by Gasteiger charge is -2.18. The molecule has 0 fully saturated rings. The van der Waals surface area contributed by atoms with E-state index in [1.807, 2.05) is 32.0 Å². The lowest BCUT2D eigenvalue weighted by molar-refractivity contribution is -0.120. The molecule has 1 N–H and O–H groups in total. The van der Waals surface area contributed by atoms with Crippen molar-refractivity contribution < 1.29 is 14.3 Å². The van der Waals surface area contributed by atoms with Crippen molar-refractivity contribution >= 4 is 34.8 Å². The predicted octanol–water partition coefficient (Wildman–Crippen LogP) is 3.75. The number of carbonyl (C=O) groups is 2. The second-order valence-corrected chi connectivity index (χ2v) is 6.13. The van der Waals surface area contributed by atoms with Crippen molar-refractivity contribution in [3.05, 3.63) is 64.3 Å². The molecule has 2 aromatic rings. The lowest BCUT2D eigenvalue weighted by Crippen LogP contribution is -2.32. The quantitative estimate of drug-likeness (QED) is 0.848. The number of ether oxygens (including phenoxy) is 1. The molecule has 3 rings (SSSR count). The number of amides is 2. The van der Waals surface area contributed by atoms with Crippen LogP contribution in [0.1, 0.15) is 11.1 Å². The summed E-state index contributed by atoms with van der Waals surface area (Å²) in [5, 5.41) is 2.87. The van der Waals surface area contributed by atoms with Crippen LogP contribution in [0.4, 0.5) is 11.4 Å². The average Bonchev–Trinajstić information content (AvgIpc) is 2.81.